The molecular weight excluding hydrogens is 236 g/mol. The minimum Gasteiger partial charge on any atom is -0.384 e. The van der Waals surface area contributed by atoms with Crippen LogP contribution >= 0.6 is 11.3 Å². The molecule has 1 heterocycles. The predicted octanol–water partition coefficient (Wildman–Crippen LogP) is 0.711. The molecule has 0 aromatic carbocycles. The summed E-state index contributed by atoms with van der Waals surface area (Å²) in [6.45, 7) is 1.35. The summed E-state index contributed by atoms with van der Waals surface area (Å²) in [6.07, 6.45) is 0.391. The molecule has 0 aliphatic rings. The second-order valence-electron chi connectivity index (χ2n) is 3.29. The van der Waals surface area contributed by atoms with E-state index in [0.717, 1.165) is 9.75 Å². The number of nitrogens with two attached hydrogens (primary N) is 1. The molecule has 0 spiro atoms. The molecule has 17 heavy (non-hydrogen) atoms. The first-order chi connectivity index (χ1) is 8.26. The summed E-state index contributed by atoms with van der Waals surface area (Å²) in [5, 5.41) is 2.82. The maximum absolute atomic E-state index is 11.3. The SMILES string of the molecule is COCCC(=O)NCc1ccc(C#CCN)s1. The van der Waals surface area contributed by atoms with Crippen molar-refractivity contribution in [2.24, 2.45) is 5.73 Å². The standard InChI is InChI=1S/C12H16N2O2S/c1-16-8-6-12(15)14-9-11-5-4-10(17-11)3-2-7-13/h4-5H,6-9,13H2,1H3,(H,14,15). The molecule has 0 radical (unpaired) electrons. The molecule has 0 aliphatic heterocycles. The molecule has 92 valence electrons. The van der Waals surface area contributed by atoms with Gasteiger partial charge >= 0.3 is 0 Å². The van der Waals surface area contributed by atoms with E-state index in [2.05, 4.69) is 17.2 Å². The maximum atomic E-state index is 11.3. The summed E-state index contributed by atoms with van der Waals surface area (Å²) in [5.41, 5.74) is 5.29. The van der Waals surface area contributed by atoms with Crippen molar-refractivity contribution in [3.8, 4) is 11.8 Å². The molecule has 0 aliphatic carbocycles. The highest BCUT2D eigenvalue weighted by atomic mass is 32.1. The quantitative estimate of drug-likeness (QED) is 0.759. The van der Waals surface area contributed by atoms with Gasteiger partial charge < -0.3 is 15.8 Å². The Kier molecular flexibility index (Phi) is 6.33. The van der Waals surface area contributed by atoms with Gasteiger partial charge in [-0.25, -0.2) is 0 Å². The van der Waals surface area contributed by atoms with Gasteiger partial charge in [-0.3, -0.25) is 4.79 Å². The monoisotopic (exact) mass is 252 g/mol. The van der Waals surface area contributed by atoms with Crippen molar-refractivity contribution in [2.45, 2.75) is 13.0 Å². The van der Waals surface area contributed by atoms with E-state index in [9.17, 15) is 4.79 Å². The van der Waals surface area contributed by atoms with Gasteiger partial charge in [-0.2, -0.15) is 0 Å². The van der Waals surface area contributed by atoms with E-state index in [1.54, 1.807) is 18.4 Å². The van der Waals surface area contributed by atoms with Crippen molar-refractivity contribution in [3.63, 3.8) is 0 Å². The highest BCUT2D eigenvalue weighted by Crippen LogP contribution is 2.14. The van der Waals surface area contributed by atoms with Crippen molar-refractivity contribution in [1.82, 2.24) is 5.32 Å². The van der Waals surface area contributed by atoms with Crippen LogP contribution in [0.15, 0.2) is 12.1 Å². The lowest BCUT2D eigenvalue weighted by Crippen LogP contribution is -2.23. The molecule has 3 N–H and O–H groups in total. The number of nitrogens with one attached hydrogen (secondary N) is 1. The Morgan fingerprint density at radius 3 is 3.12 bits per heavy atom. The van der Waals surface area contributed by atoms with Crippen LogP contribution in [0.4, 0.5) is 0 Å². The highest BCUT2D eigenvalue weighted by Gasteiger charge is 2.02. The van der Waals surface area contributed by atoms with Gasteiger partial charge in [0, 0.05) is 18.4 Å². The van der Waals surface area contributed by atoms with Gasteiger partial charge in [-0.1, -0.05) is 11.8 Å². The van der Waals surface area contributed by atoms with E-state index in [1.807, 2.05) is 12.1 Å². The van der Waals surface area contributed by atoms with Crippen LogP contribution in [0, 0.1) is 11.8 Å². The van der Waals surface area contributed by atoms with Gasteiger partial charge in [-0.05, 0) is 12.1 Å². The number of carbonyl (C=O) groups is 1. The van der Waals surface area contributed by atoms with E-state index in [4.69, 9.17) is 10.5 Å². The number of rotatable bonds is 5. The zero-order valence-electron chi connectivity index (χ0n) is 9.79. The Morgan fingerprint density at radius 2 is 2.41 bits per heavy atom. The third kappa shape index (κ3) is 5.50. The second-order valence-corrected chi connectivity index (χ2v) is 4.46. The first-order valence-corrected chi connectivity index (χ1v) is 6.11. The van der Waals surface area contributed by atoms with Gasteiger partial charge in [0.25, 0.3) is 0 Å². The molecule has 1 aromatic rings. The molecule has 0 fully saturated rings. The molecule has 4 nitrogen and oxygen atoms in total. The van der Waals surface area contributed by atoms with Crippen LogP contribution in [0.1, 0.15) is 16.2 Å². The smallest absolute Gasteiger partial charge is 0.222 e. The van der Waals surface area contributed by atoms with E-state index >= 15 is 0 Å². The van der Waals surface area contributed by atoms with Crippen molar-refractivity contribution >= 4 is 17.2 Å². The molecule has 0 saturated heterocycles. The van der Waals surface area contributed by atoms with Crippen LogP contribution in [0.25, 0.3) is 0 Å². The number of carbonyl (C=O) groups excluding carboxylic acids is 1. The number of thiophene rings is 1. The van der Waals surface area contributed by atoms with E-state index in [-0.39, 0.29) is 5.91 Å². The van der Waals surface area contributed by atoms with Crippen LogP contribution in [-0.4, -0.2) is 26.2 Å². The summed E-state index contributed by atoms with van der Waals surface area (Å²) in [6, 6.07) is 3.89. The average molecular weight is 252 g/mol. The number of ether oxygens (including phenoxy) is 1. The molecule has 1 rings (SSSR count). The summed E-state index contributed by atoms with van der Waals surface area (Å²) >= 11 is 1.56. The molecule has 0 atom stereocenters. The van der Waals surface area contributed by atoms with Gasteiger partial charge in [0.15, 0.2) is 0 Å². The van der Waals surface area contributed by atoms with E-state index in [1.165, 1.54) is 0 Å². The number of amides is 1. The van der Waals surface area contributed by atoms with Crippen molar-refractivity contribution in [2.75, 3.05) is 20.3 Å². The summed E-state index contributed by atoms with van der Waals surface area (Å²) in [4.78, 5) is 13.4. The molecule has 1 aromatic heterocycles. The largest absolute Gasteiger partial charge is 0.384 e. The molecule has 0 saturated carbocycles. The molecule has 0 bridgehead atoms. The zero-order valence-corrected chi connectivity index (χ0v) is 10.6. The fourth-order valence-electron chi connectivity index (χ4n) is 1.15. The number of hydrogen-bond acceptors (Lipinski definition) is 4. The lowest BCUT2D eigenvalue weighted by molar-refractivity contribution is -0.122. The van der Waals surface area contributed by atoms with Gasteiger partial charge in [0.05, 0.1) is 24.6 Å². The van der Waals surface area contributed by atoms with E-state index in [0.29, 0.717) is 26.1 Å². The Hall–Kier alpha value is -1.35. The van der Waals surface area contributed by atoms with Crippen LogP contribution in [0.3, 0.4) is 0 Å². The summed E-state index contributed by atoms with van der Waals surface area (Å²) in [5.74, 6) is 5.75. The zero-order chi connectivity index (χ0) is 12.5. The fourth-order valence-corrected chi connectivity index (χ4v) is 1.97. The van der Waals surface area contributed by atoms with Crippen LogP contribution < -0.4 is 11.1 Å². The lowest BCUT2D eigenvalue weighted by atomic mass is 10.4. The predicted molar refractivity (Wildman–Crippen MR) is 68.6 cm³/mol. The number of hydrogen-bond donors (Lipinski definition) is 2. The average Bonchev–Trinajstić information content (AvgIpc) is 2.79. The molecule has 5 heteroatoms. The second kappa shape index (κ2) is 7.85. The number of methoxy groups -OCH3 is 1. The minimum atomic E-state index is -0.00478. The molecule has 0 unspecified atom stereocenters. The van der Waals surface area contributed by atoms with Gasteiger partial charge in [0.2, 0.25) is 5.91 Å². The normalized spacial score (nSPS) is 9.53. The lowest BCUT2D eigenvalue weighted by Gasteiger charge is -2.02. The van der Waals surface area contributed by atoms with Gasteiger partial charge in [-0.15, -0.1) is 11.3 Å². The third-order valence-electron chi connectivity index (χ3n) is 1.97. The first-order valence-electron chi connectivity index (χ1n) is 5.29. The minimum absolute atomic E-state index is 0.00478. The topological polar surface area (TPSA) is 64.3 Å². The molecular formula is C12H16N2O2S. The maximum Gasteiger partial charge on any atom is 0.222 e. The van der Waals surface area contributed by atoms with Crippen LogP contribution in [0.2, 0.25) is 0 Å². The van der Waals surface area contributed by atoms with Gasteiger partial charge in [0.1, 0.15) is 0 Å². The van der Waals surface area contributed by atoms with Crippen molar-refractivity contribution in [1.29, 1.82) is 0 Å². The Balaban J connectivity index is 2.36. The third-order valence-corrected chi connectivity index (χ3v) is 2.97. The van der Waals surface area contributed by atoms with E-state index < -0.39 is 0 Å². The van der Waals surface area contributed by atoms with Crippen molar-refractivity contribution in [3.05, 3.63) is 21.9 Å². The summed E-state index contributed by atoms with van der Waals surface area (Å²) in [7, 11) is 1.58. The first kappa shape index (κ1) is 13.7. The Labute approximate surface area is 105 Å². The van der Waals surface area contributed by atoms with Crippen LogP contribution in [-0.2, 0) is 16.1 Å². The van der Waals surface area contributed by atoms with Crippen LogP contribution in [0.5, 0.6) is 0 Å². The Bertz CT molecular complexity index is 418. The Morgan fingerprint density at radius 1 is 1.59 bits per heavy atom. The van der Waals surface area contributed by atoms with Crippen molar-refractivity contribution < 1.29 is 9.53 Å². The fraction of sp³-hybridized carbons (Fsp3) is 0.417. The highest BCUT2D eigenvalue weighted by molar-refractivity contribution is 7.12. The molecule has 1 amide bonds. The summed E-state index contributed by atoms with van der Waals surface area (Å²) < 4.78 is 4.82.